The molecule has 1 N–H and O–H groups in total. The molecule has 0 saturated carbocycles. The summed E-state index contributed by atoms with van der Waals surface area (Å²) in [5, 5.41) is 12.9. The van der Waals surface area contributed by atoms with Crippen LogP contribution in [0.5, 0.6) is 0 Å². The second-order valence-electron chi connectivity index (χ2n) is 6.53. The van der Waals surface area contributed by atoms with Gasteiger partial charge in [0.2, 0.25) is 0 Å². The van der Waals surface area contributed by atoms with Crippen LogP contribution in [0, 0.1) is 6.92 Å². The van der Waals surface area contributed by atoms with Crippen LogP contribution >= 0.6 is 11.3 Å². The molecule has 2 aromatic heterocycles. The molecule has 0 spiro atoms. The Bertz CT molecular complexity index is 657. The van der Waals surface area contributed by atoms with E-state index in [-0.39, 0.29) is 0 Å². The van der Waals surface area contributed by atoms with E-state index in [1.54, 1.807) is 11.3 Å². The highest BCUT2D eigenvalue weighted by Crippen LogP contribution is 2.32. The van der Waals surface area contributed by atoms with Crippen molar-refractivity contribution in [1.29, 1.82) is 0 Å². The Balaban J connectivity index is 1.85. The van der Waals surface area contributed by atoms with Crippen LogP contribution in [0.3, 0.4) is 0 Å². The van der Waals surface area contributed by atoms with Gasteiger partial charge in [-0.15, -0.1) is 11.3 Å². The van der Waals surface area contributed by atoms with Crippen molar-refractivity contribution in [3.63, 3.8) is 0 Å². The molecule has 0 aromatic carbocycles. The van der Waals surface area contributed by atoms with Gasteiger partial charge in [0.25, 0.3) is 0 Å². The van der Waals surface area contributed by atoms with Gasteiger partial charge in [-0.2, -0.15) is 0 Å². The lowest BCUT2D eigenvalue weighted by Gasteiger charge is -2.30. The van der Waals surface area contributed by atoms with Crippen LogP contribution < -0.4 is 4.90 Å². The van der Waals surface area contributed by atoms with Crippen molar-refractivity contribution in [3.8, 4) is 0 Å². The van der Waals surface area contributed by atoms with E-state index in [4.69, 9.17) is 0 Å². The third kappa shape index (κ3) is 3.24. The molecule has 22 heavy (non-hydrogen) atoms. The molecule has 1 saturated heterocycles. The van der Waals surface area contributed by atoms with Crippen molar-refractivity contribution in [3.05, 3.63) is 17.3 Å². The quantitative estimate of drug-likeness (QED) is 0.940. The van der Waals surface area contributed by atoms with Gasteiger partial charge in [-0.25, -0.2) is 9.97 Å². The van der Waals surface area contributed by atoms with Gasteiger partial charge in [0.1, 0.15) is 11.6 Å². The summed E-state index contributed by atoms with van der Waals surface area (Å²) in [6, 6.07) is 2.05. The van der Waals surface area contributed by atoms with E-state index >= 15 is 0 Å². The number of aromatic nitrogens is 2. The van der Waals surface area contributed by atoms with Gasteiger partial charge in [0.15, 0.2) is 0 Å². The second-order valence-corrected chi connectivity index (χ2v) is 7.45. The maximum absolute atomic E-state index is 10.8. The van der Waals surface area contributed by atoms with Gasteiger partial charge in [-0.3, -0.25) is 0 Å². The SMILES string of the molecule is Cc1nc(N2CCCC(O)(CN(C)C)CC2)c2sccc2n1. The normalized spacial score (nSPS) is 23.2. The summed E-state index contributed by atoms with van der Waals surface area (Å²) in [7, 11) is 4.03. The molecule has 0 aliphatic carbocycles. The van der Waals surface area contributed by atoms with Gasteiger partial charge >= 0.3 is 0 Å². The zero-order valence-electron chi connectivity index (χ0n) is 13.5. The van der Waals surface area contributed by atoms with E-state index in [1.165, 1.54) is 0 Å². The number of aryl methyl sites for hydroxylation is 1. The standard InChI is InChI=1S/C16H24N4OS/c1-12-17-13-5-10-22-14(13)15(18-12)20-8-4-6-16(21,7-9-20)11-19(2)3/h5,10,21H,4,6-9,11H2,1-3H3. The van der Waals surface area contributed by atoms with E-state index < -0.39 is 5.60 Å². The Morgan fingerprint density at radius 2 is 2.14 bits per heavy atom. The van der Waals surface area contributed by atoms with Crippen molar-refractivity contribution in [2.45, 2.75) is 31.8 Å². The maximum atomic E-state index is 10.8. The van der Waals surface area contributed by atoms with Crippen LogP contribution in [-0.2, 0) is 0 Å². The number of thiophene rings is 1. The summed E-state index contributed by atoms with van der Waals surface area (Å²) >= 11 is 1.70. The van der Waals surface area contributed by atoms with E-state index in [1.807, 2.05) is 21.0 Å². The average molecular weight is 320 g/mol. The Kier molecular flexibility index (Phi) is 4.34. The average Bonchev–Trinajstić information content (AvgIpc) is 2.80. The Hall–Kier alpha value is -1.24. The van der Waals surface area contributed by atoms with Crippen LogP contribution in [0.4, 0.5) is 5.82 Å². The highest BCUT2D eigenvalue weighted by atomic mass is 32.1. The number of likely N-dealkylation sites (N-methyl/N-ethyl adjacent to an activating group) is 1. The molecule has 5 nitrogen and oxygen atoms in total. The van der Waals surface area contributed by atoms with Gasteiger partial charge in [0, 0.05) is 19.6 Å². The first-order valence-electron chi connectivity index (χ1n) is 7.81. The van der Waals surface area contributed by atoms with Crippen molar-refractivity contribution < 1.29 is 5.11 Å². The molecule has 1 unspecified atom stereocenters. The summed E-state index contributed by atoms with van der Waals surface area (Å²) < 4.78 is 1.16. The number of hydrogen-bond donors (Lipinski definition) is 1. The van der Waals surface area contributed by atoms with E-state index in [9.17, 15) is 5.11 Å². The fourth-order valence-electron chi connectivity index (χ4n) is 3.31. The van der Waals surface area contributed by atoms with E-state index in [0.29, 0.717) is 0 Å². The lowest BCUT2D eigenvalue weighted by Crippen LogP contribution is -2.41. The summed E-state index contributed by atoms with van der Waals surface area (Å²) in [4.78, 5) is 13.6. The van der Waals surface area contributed by atoms with Crippen LogP contribution in [0.15, 0.2) is 11.4 Å². The number of aliphatic hydroxyl groups is 1. The summed E-state index contributed by atoms with van der Waals surface area (Å²) in [6.45, 7) is 4.45. The van der Waals surface area contributed by atoms with Gasteiger partial charge in [-0.1, -0.05) is 0 Å². The largest absolute Gasteiger partial charge is 0.388 e. The first-order valence-corrected chi connectivity index (χ1v) is 8.69. The van der Waals surface area contributed by atoms with Gasteiger partial charge in [-0.05, 0) is 51.7 Å². The smallest absolute Gasteiger partial charge is 0.150 e. The minimum absolute atomic E-state index is 0.588. The number of nitrogens with zero attached hydrogens (tertiary/aromatic N) is 4. The molecule has 3 heterocycles. The third-order valence-electron chi connectivity index (χ3n) is 4.22. The lowest BCUT2D eigenvalue weighted by molar-refractivity contribution is 0.00537. The molecule has 2 aromatic rings. The molecule has 1 atom stereocenters. The van der Waals surface area contributed by atoms with E-state index in [0.717, 1.165) is 60.8 Å². The Morgan fingerprint density at radius 3 is 2.91 bits per heavy atom. The highest BCUT2D eigenvalue weighted by Gasteiger charge is 2.31. The second kappa shape index (κ2) is 6.10. The monoisotopic (exact) mass is 320 g/mol. The molecule has 1 aliphatic rings. The number of rotatable bonds is 3. The fourth-order valence-corrected chi connectivity index (χ4v) is 4.16. The Labute approximate surface area is 135 Å². The van der Waals surface area contributed by atoms with Crippen LogP contribution in [-0.4, -0.2) is 59.3 Å². The zero-order chi connectivity index (χ0) is 15.7. The van der Waals surface area contributed by atoms with Gasteiger partial charge < -0.3 is 14.9 Å². The molecular formula is C16H24N4OS. The van der Waals surface area contributed by atoms with Crippen LogP contribution in [0.1, 0.15) is 25.1 Å². The van der Waals surface area contributed by atoms with Crippen molar-refractivity contribution in [2.24, 2.45) is 0 Å². The predicted octanol–water partition coefficient (Wildman–Crippen LogP) is 2.28. The number of fused-ring (bicyclic) bond motifs is 1. The Morgan fingerprint density at radius 1 is 1.32 bits per heavy atom. The van der Waals surface area contributed by atoms with Crippen molar-refractivity contribution in [1.82, 2.24) is 14.9 Å². The first kappa shape index (κ1) is 15.6. The molecular weight excluding hydrogens is 296 g/mol. The minimum Gasteiger partial charge on any atom is -0.388 e. The topological polar surface area (TPSA) is 52.5 Å². The lowest BCUT2D eigenvalue weighted by atomic mass is 9.94. The fraction of sp³-hybridized carbons (Fsp3) is 0.625. The number of hydrogen-bond acceptors (Lipinski definition) is 6. The van der Waals surface area contributed by atoms with E-state index in [2.05, 4.69) is 31.2 Å². The van der Waals surface area contributed by atoms with Gasteiger partial charge in [0.05, 0.1) is 15.8 Å². The van der Waals surface area contributed by atoms with Crippen LogP contribution in [0.2, 0.25) is 0 Å². The molecule has 0 amide bonds. The summed E-state index contributed by atoms with van der Waals surface area (Å²) in [5.74, 6) is 1.85. The number of anilines is 1. The molecule has 3 rings (SSSR count). The third-order valence-corrected chi connectivity index (χ3v) is 5.12. The maximum Gasteiger partial charge on any atom is 0.150 e. The van der Waals surface area contributed by atoms with Crippen molar-refractivity contribution in [2.75, 3.05) is 38.6 Å². The summed E-state index contributed by atoms with van der Waals surface area (Å²) in [6.07, 6.45) is 2.61. The highest BCUT2D eigenvalue weighted by molar-refractivity contribution is 7.17. The van der Waals surface area contributed by atoms with Crippen LogP contribution in [0.25, 0.3) is 10.2 Å². The molecule has 1 fully saturated rings. The minimum atomic E-state index is -0.588. The molecule has 1 aliphatic heterocycles. The molecule has 0 radical (unpaired) electrons. The molecule has 0 bridgehead atoms. The predicted molar refractivity (Wildman–Crippen MR) is 91.7 cm³/mol. The zero-order valence-corrected chi connectivity index (χ0v) is 14.4. The first-order chi connectivity index (χ1) is 10.5. The molecule has 6 heteroatoms. The summed E-state index contributed by atoms with van der Waals surface area (Å²) in [5.41, 5.74) is 0.440. The molecule has 120 valence electrons. The van der Waals surface area contributed by atoms with Crippen molar-refractivity contribution >= 4 is 27.4 Å².